The molecule has 0 radical (unpaired) electrons. The third-order valence-electron chi connectivity index (χ3n) is 4.76. The summed E-state index contributed by atoms with van der Waals surface area (Å²) in [6.45, 7) is 1.80. The minimum Gasteiger partial charge on any atom is -0.351 e. The first-order chi connectivity index (χ1) is 13.2. The van der Waals surface area contributed by atoms with E-state index < -0.39 is 0 Å². The molecule has 0 saturated carbocycles. The van der Waals surface area contributed by atoms with Gasteiger partial charge in [0.1, 0.15) is 10.0 Å². The van der Waals surface area contributed by atoms with Crippen molar-refractivity contribution in [2.24, 2.45) is 0 Å². The molecule has 1 aliphatic carbocycles. The molecule has 0 unspecified atom stereocenters. The van der Waals surface area contributed by atoms with E-state index in [0.717, 1.165) is 38.6 Å². The van der Waals surface area contributed by atoms with Crippen molar-refractivity contribution in [2.75, 3.05) is 5.32 Å². The molecule has 1 N–H and O–H groups in total. The Morgan fingerprint density at radius 3 is 2.85 bits per heavy atom. The Labute approximate surface area is 164 Å². The van der Waals surface area contributed by atoms with Crippen LogP contribution in [-0.4, -0.2) is 16.0 Å². The van der Waals surface area contributed by atoms with Crippen LogP contribution in [0.2, 0.25) is 0 Å². The SMILES string of the molecule is Cc1cc(C(=O)Nc2sc3c(c2-c2nc4ccccc4s2)CCCC3)on1. The van der Waals surface area contributed by atoms with E-state index in [9.17, 15) is 4.79 Å². The van der Waals surface area contributed by atoms with Gasteiger partial charge in [0, 0.05) is 16.5 Å². The Bertz CT molecular complexity index is 1120. The molecular formula is C20H17N3O2S2. The molecule has 136 valence electrons. The highest BCUT2D eigenvalue weighted by atomic mass is 32.1. The van der Waals surface area contributed by atoms with E-state index in [-0.39, 0.29) is 11.7 Å². The molecule has 4 aromatic rings. The van der Waals surface area contributed by atoms with Crippen LogP contribution in [0.3, 0.4) is 0 Å². The van der Waals surface area contributed by atoms with Crippen molar-refractivity contribution in [1.29, 1.82) is 0 Å². The molecule has 1 amide bonds. The summed E-state index contributed by atoms with van der Waals surface area (Å²) >= 11 is 3.35. The lowest BCUT2D eigenvalue weighted by Gasteiger charge is -2.11. The summed E-state index contributed by atoms with van der Waals surface area (Å²) in [7, 11) is 0. The van der Waals surface area contributed by atoms with Crippen LogP contribution in [-0.2, 0) is 12.8 Å². The van der Waals surface area contributed by atoms with Crippen LogP contribution in [0.25, 0.3) is 20.8 Å². The van der Waals surface area contributed by atoms with E-state index in [1.54, 1.807) is 35.7 Å². The van der Waals surface area contributed by atoms with Crippen molar-refractivity contribution in [3.63, 3.8) is 0 Å². The maximum Gasteiger partial charge on any atom is 0.294 e. The second-order valence-electron chi connectivity index (χ2n) is 6.69. The second kappa shape index (κ2) is 6.58. The Morgan fingerprint density at radius 2 is 2.04 bits per heavy atom. The molecule has 0 bridgehead atoms. The predicted molar refractivity (Wildman–Crippen MR) is 109 cm³/mol. The number of carbonyl (C=O) groups excluding carboxylic acids is 1. The third kappa shape index (κ3) is 2.96. The largest absolute Gasteiger partial charge is 0.351 e. The zero-order valence-corrected chi connectivity index (χ0v) is 16.4. The molecule has 3 aromatic heterocycles. The van der Waals surface area contributed by atoms with Gasteiger partial charge in [-0.2, -0.15) is 0 Å². The summed E-state index contributed by atoms with van der Waals surface area (Å²) in [4.78, 5) is 18.8. The maximum atomic E-state index is 12.6. The molecule has 0 fully saturated rings. The first-order valence-corrected chi connectivity index (χ1v) is 10.6. The van der Waals surface area contributed by atoms with Gasteiger partial charge in [-0.05, 0) is 50.3 Å². The molecule has 0 spiro atoms. The number of rotatable bonds is 3. The molecule has 5 rings (SSSR count). The van der Waals surface area contributed by atoms with E-state index >= 15 is 0 Å². The van der Waals surface area contributed by atoms with Gasteiger partial charge in [0.2, 0.25) is 5.76 Å². The number of nitrogens with one attached hydrogen (secondary N) is 1. The number of amides is 1. The van der Waals surface area contributed by atoms with Crippen LogP contribution in [0.4, 0.5) is 5.00 Å². The summed E-state index contributed by atoms with van der Waals surface area (Å²) in [5.41, 5.74) is 4.11. The normalized spacial score (nSPS) is 13.7. The van der Waals surface area contributed by atoms with Crippen LogP contribution in [0.15, 0.2) is 34.9 Å². The fourth-order valence-electron chi connectivity index (χ4n) is 3.49. The fraction of sp³-hybridized carbons (Fsp3) is 0.250. The summed E-state index contributed by atoms with van der Waals surface area (Å²) in [5, 5.41) is 8.70. The number of aryl methyl sites for hydroxylation is 2. The van der Waals surface area contributed by atoms with Gasteiger partial charge in [-0.3, -0.25) is 4.79 Å². The number of nitrogens with zero attached hydrogens (tertiary/aromatic N) is 2. The molecule has 0 atom stereocenters. The zero-order valence-electron chi connectivity index (χ0n) is 14.7. The highest BCUT2D eigenvalue weighted by Gasteiger charge is 2.26. The number of carbonyl (C=O) groups is 1. The number of aromatic nitrogens is 2. The van der Waals surface area contributed by atoms with Gasteiger partial charge < -0.3 is 9.84 Å². The Kier molecular flexibility index (Phi) is 4.06. The van der Waals surface area contributed by atoms with Gasteiger partial charge in [0.25, 0.3) is 5.91 Å². The molecule has 0 saturated heterocycles. The highest BCUT2D eigenvalue weighted by Crippen LogP contribution is 2.46. The zero-order chi connectivity index (χ0) is 18.4. The second-order valence-corrected chi connectivity index (χ2v) is 8.82. The Balaban J connectivity index is 1.60. The number of hydrogen-bond donors (Lipinski definition) is 1. The number of anilines is 1. The molecule has 0 aliphatic heterocycles. The van der Waals surface area contributed by atoms with Crippen LogP contribution >= 0.6 is 22.7 Å². The lowest BCUT2D eigenvalue weighted by molar-refractivity contribution is 0.0988. The molecule has 1 aromatic carbocycles. The van der Waals surface area contributed by atoms with E-state index in [0.29, 0.717) is 5.69 Å². The van der Waals surface area contributed by atoms with Gasteiger partial charge in [0.15, 0.2) is 0 Å². The summed E-state index contributed by atoms with van der Waals surface area (Å²) < 4.78 is 6.28. The number of thiophene rings is 1. The molecule has 7 heteroatoms. The maximum absolute atomic E-state index is 12.6. The van der Waals surface area contributed by atoms with Crippen molar-refractivity contribution in [2.45, 2.75) is 32.6 Å². The lowest BCUT2D eigenvalue weighted by atomic mass is 9.96. The predicted octanol–water partition coefficient (Wildman–Crippen LogP) is 5.45. The average molecular weight is 396 g/mol. The van der Waals surface area contributed by atoms with E-state index in [1.165, 1.54) is 23.3 Å². The Morgan fingerprint density at radius 1 is 1.19 bits per heavy atom. The van der Waals surface area contributed by atoms with Crippen molar-refractivity contribution < 1.29 is 9.32 Å². The van der Waals surface area contributed by atoms with Crippen molar-refractivity contribution in [1.82, 2.24) is 10.1 Å². The number of thiazole rings is 1. The summed E-state index contributed by atoms with van der Waals surface area (Å²) in [6.07, 6.45) is 4.47. The number of para-hydroxylation sites is 1. The van der Waals surface area contributed by atoms with Crippen molar-refractivity contribution >= 4 is 43.8 Å². The van der Waals surface area contributed by atoms with Crippen molar-refractivity contribution in [3.8, 4) is 10.6 Å². The standard InChI is InChI=1S/C20H17N3O2S2/c1-11-10-14(25-23-11)18(24)22-20-17(12-6-2-4-8-15(12)26-20)19-21-13-7-3-5-9-16(13)27-19/h3,5,7,9-10H,2,4,6,8H2,1H3,(H,22,24). The highest BCUT2D eigenvalue weighted by molar-refractivity contribution is 7.22. The average Bonchev–Trinajstić information content (AvgIpc) is 3.36. The molecule has 3 heterocycles. The van der Waals surface area contributed by atoms with Crippen LogP contribution in [0.1, 0.15) is 39.5 Å². The molecule has 5 nitrogen and oxygen atoms in total. The van der Waals surface area contributed by atoms with Crippen LogP contribution in [0.5, 0.6) is 0 Å². The minimum atomic E-state index is -0.267. The van der Waals surface area contributed by atoms with E-state index in [4.69, 9.17) is 9.51 Å². The van der Waals surface area contributed by atoms with Crippen molar-refractivity contribution in [3.05, 3.63) is 52.2 Å². The Hall–Kier alpha value is -2.51. The van der Waals surface area contributed by atoms with E-state index in [2.05, 4.69) is 16.5 Å². The van der Waals surface area contributed by atoms with Gasteiger partial charge in [-0.15, -0.1) is 22.7 Å². The van der Waals surface area contributed by atoms with Gasteiger partial charge in [0.05, 0.1) is 15.9 Å². The van der Waals surface area contributed by atoms with Gasteiger partial charge in [-0.25, -0.2) is 4.98 Å². The molecular weight excluding hydrogens is 378 g/mol. The third-order valence-corrected chi connectivity index (χ3v) is 7.02. The first-order valence-electron chi connectivity index (χ1n) is 8.94. The number of benzene rings is 1. The van der Waals surface area contributed by atoms with Gasteiger partial charge in [-0.1, -0.05) is 17.3 Å². The molecule has 27 heavy (non-hydrogen) atoms. The lowest BCUT2D eigenvalue weighted by Crippen LogP contribution is -2.10. The van der Waals surface area contributed by atoms with Crippen LogP contribution < -0.4 is 5.32 Å². The van der Waals surface area contributed by atoms with E-state index in [1.807, 2.05) is 18.2 Å². The minimum absolute atomic E-state index is 0.231. The smallest absolute Gasteiger partial charge is 0.294 e. The fourth-order valence-corrected chi connectivity index (χ4v) is 5.89. The quantitative estimate of drug-likeness (QED) is 0.501. The topological polar surface area (TPSA) is 68.0 Å². The molecule has 1 aliphatic rings. The monoisotopic (exact) mass is 395 g/mol. The van der Waals surface area contributed by atoms with Crippen LogP contribution in [0, 0.1) is 6.92 Å². The number of fused-ring (bicyclic) bond motifs is 2. The van der Waals surface area contributed by atoms with Gasteiger partial charge >= 0.3 is 0 Å². The first kappa shape index (κ1) is 16.6. The summed E-state index contributed by atoms with van der Waals surface area (Å²) in [5.74, 6) is -0.0364. The number of hydrogen-bond acceptors (Lipinski definition) is 6. The summed E-state index contributed by atoms with van der Waals surface area (Å²) in [6, 6.07) is 9.81.